The molecule has 2 rings (SSSR count). The smallest absolute Gasteiger partial charge is 0.410 e. The van der Waals surface area contributed by atoms with Crippen molar-refractivity contribution in [3.05, 3.63) is 40.9 Å². The molecule has 1 amide bonds. The first kappa shape index (κ1) is 18.1. The van der Waals surface area contributed by atoms with Crippen LogP contribution < -0.4 is 62.2 Å². The Morgan fingerprint density at radius 1 is 1.30 bits per heavy atom. The zero-order valence-corrected chi connectivity index (χ0v) is 16.5. The molecule has 20 heavy (non-hydrogen) atoms. The number of hydrazine groups is 1. The standard InChI is InChI=1S/C12H11N3OS3.K/c1-7-9(10(16)14-15-12(17)18)19-11(13-7)8-5-3-2-4-6-8;/h2-6H,1H3,(H,14,16)(H2,15,17,18);/q;+1/p-1. The van der Waals surface area contributed by atoms with Gasteiger partial charge in [-0.05, 0) is 11.2 Å². The number of benzene rings is 1. The van der Waals surface area contributed by atoms with Gasteiger partial charge in [-0.25, -0.2) is 4.98 Å². The van der Waals surface area contributed by atoms with Crippen molar-refractivity contribution in [2.45, 2.75) is 6.92 Å². The number of amides is 1. The number of rotatable bonds is 2. The minimum atomic E-state index is -0.288. The number of aromatic nitrogens is 1. The van der Waals surface area contributed by atoms with Crippen LogP contribution in [-0.4, -0.2) is 15.2 Å². The summed E-state index contributed by atoms with van der Waals surface area (Å²) in [6.45, 7) is 1.80. The number of carbonyl (C=O) groups is 1. The Morgan fingerprint density at radius 2 is 1.95 bits per heavy atom. The molecule has 0 bridgehead atoms. The molecule has 4 nitrogen and oxygen atoms in total. The van der Waals surface area contributed by atoms with Gasteiger partial charge in [-0.1, -0.05) is 30.3 Å². The molecular weight excluding hydrogens is 337 g/mol. The molecule has 0 aliphatic carbocycles. The Kier molecular flexibility index (Phi) is 7.69. The summed E-state index contributed by atoms with van der Waals surface area (Å²) in [6, 6.07) is 9.71. The summed E-state index contributed by atoms with van der Waals surface area (Å²) >= 11 is 10.6. The molecule has 1 aromatic heterocycles. The fourth-order valence-corrected chi connectivity index (χ4v) is 2.54. The van der Waals surface area contributed by atoms with Gasteiger partial charge in [-0.3, -0.25) is 10.2 Å². The predicted octanol–water partition coefficient (Wildman–Crippen LogP) is -0.811. The van der Waals surface area contributed by atoms with Crippen molar-refractivity contribution in [1.29, 1.82) is 0 Å². The third kappa shape index (κ3) is 4.81. The van der Waals surface area contributed by atoms with E-state index in [0.29, 0.717) is 10.6 Å². The van der Waals surface area contributed by atoms with Crippen LogP contribution in [0.5, 0.6) is 0 Å². The maximum atomic E-state index is 11.9. The second-order valence-electron chi connectivity index (χ2n) is 3.67. The number of aryl methyl sites for hydroxylation is 1. The SMILES string of the molecule is Cc1nc(-c2ccccc2)sc1C(=O)NNC(=S)[S-].[K+]. The van der Waals surface area contributed by atoms with Crippen molar-refractivity contribution < 1.29 is 56.2 Å². The first-order chi connectivity index (χ1) is 9.08. The summed E-state index contributed by atoms with van der Waals surface area (Å²) < 4.78 is 0.0961. The second-order valence-corrected chi connectivity index (χ2v) is 5.74. The van der Waals surface area contributed by atoms with Gasteiger partial charge in [0, 0.05) is 5.56 Å². The van der Waals surface area contributed by atoms with Gasteiger partial charge in [0.15, 0.2) is 0 Å². The van der Waals surface area contributed by atoms with Gasteiger partial charge in [-0.2, -0.15) is 0 Å². The van der Waals surface area contributed by atoms with Crippen LogP contribution in [0.2, 0.25) is 0 Å². The molecule has 0 saturated heterocycles. The Hall–Kier alpha value is 0.0664. The molecule has 0 atom stereocenters. The predicted molar refractivity (Wildman–Crippen MR) is 82.9 cm³/mol. The van der Waals surface area contributed by atoms with Gasteiger partial charge in [0.2, 0.25) is 0 Å². The summed E-state index contributed by atoms with van der Waals surface area (Å²) in [6.07, 6.45) is 0. The molecule has 2 N–H and O–H groups in total. The van der Waals surface area contributed by atoms with Crippen molar-refractivity contribution in [3.63, 3.8) is 0 Å². The van der Waals surface area contributed by atoms with Crippen LogP contribution in [0.4, 0.5) is 0 Å². The van der Waals surface area contributed by atoms with Crippen molar-refractivity contribution in [1.82, 2.24) is 15.8 Å². The fraction of sp³-hybridized carbons (Fsp3) is 0.0833. The molecule has 0 aliphatic rings. The quantitative estimate of drug-likeness (QED) is 0.322. The van der Waals surface area contributed by atoms with Crippen LogP contribution in [-0.2, 0) is 12.6 Å². The summed E-state index contributed by atoms with van der Waals surface area (Å²) in [5.74, 6) is -0.288. The van der Waals surface area contributed by atoms with E-state index in [1.807, 2.05) is 30.3 Å². The number of hydrogen-bond donors (Lipinski definition) is 2. The molecule has 0 fully saturated rings. The average molecular weight is 348 g/mol. The van der Waals surface area contributed by atoms with Crippen LogP contribution in [0.3, 0.4) is 0 Å². The van der Waals surface area contributed by atoms with E-state index >= 15 is 0 Å². The molecule has 98 valence electrons. The van der Waals surface area contributed by atoms with Crippen molar-refractivity contribution in [3.8, 4) is 10.6 Å². The summed E-state index contributed by atoms with van der Waals surface area (Å²) in [5.41, 5.74) is 6.55. The third-order valence-corrected chi connectivity index (χ3v) is 3.71. The zero-order chi connectivity index (χ0) is 13.8. The Morgan fingerprint density at radius 3 is 2.55 bits per heavy atom. The van der Waals surface area contributed by atoms with Crippen molar-refractivity contribution >= 4 is 46.4 Å². The Labute approximate surface area is 174 Å². The molecule has 2 aromatic rings. The largest absolute Gasteiger partial charge is 1.00 e. The maximum Gasteiger partial charge on any atom is 1.00 e. The van der Waals surface area contributed by atoms with Gasteiger partial charge in [-0.15, -0.1) is 11.3 Å². The van der Waals surface area contributed by atoms with Crippen LogP contribution >= 0.6 is 23.6 Å². The Balaban J connectivity index is 0.00000200. The van der Waals surface area contributed by atoms with Gasteiger partial charge in [0.05, 0.1) is 5.69 Å². The topological polar surface area (TPSA) is 54.0 Å². The summed E-state index contributed by atoms with van der Waals surface area (Å²) in [5, 5.41) is 0.809. The maximum absolute atomic E-state index is 11.9. The van der Waals surface area contributed by atoms with E-state index in [-0.39, 0.29) is 61.6 Å². The van der Waals surface area contributed by atoms with Crippen LogP contribution in [0, 0.1) is 6.92 Å². The number of nitrogens with one attached hydrogen (secondary N) is 2. The number of nitrogens with zero attached hydrogens (tertiary/aromatic N) is 1. The number of hydrogen-bond acceptors (Lipinski definition) is 5. The van der Waals surface area contributed by atoms with Gasteiger partial charge >= 0.3 is 51.4 Å². The normalized spacial score (nSPS) is 9.45. The fourth-order valence-electron chi connectivity index (χ4n) is 1.48. The molecule has 0 unspecified atom stereocenters. The van der Waals surface area contributed by atoms with E-state index in [1.54, 1.807) is 6.92 Å². The molecule has 0 radical (unpaired) electrons. The molecule has 8 heteroatoms. The molecular formula is C12H10KN3OS3. The van der Waals surface area contributed by atoms with E-state index in [4.69, 9.17) is 0 Å². The first-order valence-electron chi connectivity index (χ1n) is 5.38. The Bertz CT molecular complexity index is 616. The van der Waals surface area contributed by atoms with Crippen LogP contribution in [0.15, 0.2) is 30.3 Å². The second kappa shape index (κ2) is 8.49. The van der Waals surface area contributed by atoms with Gasteiger partial charge < -0.3 is 30.3 Å². The third-order valence-electron chi connectivity index (χ3n) is 2.30. The number of thiocarbonyl (C=S) groups is 1. The average Bonchev–Trinajstić information content (AvgIpc) is 2.79. The first-order valence-corrected chi connectivity index (χ1v) is 7.01. The molecule has 1 heterocycles. The zero-order valence-electron chi connectivity index (χ0n) is 11.0. The van der Waals surface area contributed by atoms with Crippen molar-refractivity contribution in [2.24, 2.45) is 0 Å². The van der Waals surface area contributed by atoms with Gasteiger partial charge in [0.25, 0.3) is 5.91 Å². The van der Waals surface area contributed by atoms with Crippen LogP contribution in [0.25, 0.3) is 10.6 Å². The summed E-state index contributed by atoms with van der Waals surface area (Å²) in [4.78, 5) is 16.8. The minimum absolute atomic E-state index is 0. The monoisotopic (exact) mass is 347 g/mol. The molecule has 0 aliphatic heterocycles. The van der Waals surface area contributed by atoms with Gasteiger partial charge in [0.1, 0.15) is 9.88 Å². The van der Waals surface area contributed by atoms with E-state index < -0.39 is 0 Å². The van der Waals surface area contributed by atoms with Crippen LogP contribution in [0.1, 0.15) is 15.4 Å². The van der Waals surface area contributed by atoms with E-state index in [9.17, 15) is 4.79 Å². The van der Waals surface area contributed by atoms with Crippen molar-refractivity contribution in [2.75, 3.05) is 0 Å². The minimum Gasteiger partial charge on any atom is -0.410 e. The number of carbonyl (C=O) groups excluding carboxylic acids is 1. The molecule has 0 spiro atoms. The van der Waals surface area contributed by atoms with E-state index in [0.717, 1.165) is 10.6 Å². The molecule has 0 saturated carbocycles. The summed E-state index contributed by atoms with van der Waals surface area (Å²) in [7, 11) is 0. The number of thiazole rings is 1. The van der Waals surface area contributed by atoms with E-state index in [1.165, 1.54) is 11.3 Å². The molecule has 1 aromatic carbocycles. The van der Waals surface area contributed by atoms with E-state index in [2.05, 4.69) is 40.7 Å².